The van der Waals surface area contributed by atoms with Crippen LogP contribution in [0.1, 0.15) is 0 Å². The second-order valence-electron chi connectivity index (χ2n) is 15.2. The Bertz CT molecular complexity index is 3300. The van der Waals surface area contributed by atoms with Gasteiger partial charge in [-0.1, -0.05) is 212 Å². The largest absolute Gasteiger partial charge is 0.231 e. The highest BCUT2D eigenvalue weighted by molar-refractivity contribution is 6.13. The van der Waals surface area contributed by atoms with Gasteiger partial charge in [-0.15, -0.1) is 0 Å². The van der Waals surface area contributed by atoms with Gasteiger partial charge in [0.15, 0.2) is 5.82 Å². The first-order valence-electron chi connectivity index (χ1n) is 20.6. The van der Waals surface area contributed by atoms with E-state index in [4.69, 9.17) is 15.1 Å². The van der Waals surface area contributed by atoms with Gasteiger partial charge in [0, 0.05) is 38.8 Å². The van der Waals surface area contributed by atoms with Crippen molar-refractivity contribution >= 4 is 16.3 Å². The van der Waals surface area contributed by atoms with Crippen molar-refractivity contribution in [3.63, 3.8) is 0 Å². The Morgan fingerprint density at radius 2 is 0.754 bits per heavy atom. The van der Waals surface area contributed by atoms with Crippen LogP contribution in [0.2, 0.25) is 0 Å². The van der Waals surface area contributed by atoms with Gasteiger partial charge < -0.3 is 0 Å². The third-order valence-corrected chi connectivity index (χ3v) is 11.5. The quantitative estimate of drug-likeness (QED) is 0.154. The number of hydrogen-bond acceptors (Lipinski definition) is 3. The molecule has 0 atom stereocenters. The van der Waals surface area contributed by atoms with Gasteiger partial charge in [-0.3, -0.25) is 0 Å². The summed E-state index contributed by atoms with van der Waals surface area (Å²) in [5, 5.41) is 7.44. The van der Waals surface area contributed by atoms with Crippen molar-refractivity contribution in [2.24, 2.45) is 0 Å². The van der Waals surface area contributed by atoms with E-state index >= 15 is 0 Å². The lowest BCUT2D eigenvalue weighted by Gasteiger charge is -2.18. The lowest BCUT2D eigenvalue weighted by Crippen LogP contribution is -2.00. The molecule has 0 aliphatic carbocycles. The fourth-order valence-corrected chi connectivity index (χ4v) is 8.51. The maximum Gasteiger partial charge on any atom is 0.160 e. The number of fused-ring (bicyclic) bond motifs is 3. The summed E-state index contributed by atoms with van der Waals surface area (Å²) in [4.78, 5) is 10.3. The number of nitrogens with zero attached hydrogens (tertiary/aromatic N) is 4. The number of hydrogen-bond donors (Lipinski definition) is 0. The second kappa shape index (κ2) is 15.5. The van der Waals surface area contributed by atoms with Crippen LogP contribution < -0.4 is 0 Å². The molecule has 0 N–H and O–H groups in total. The van der Waals surface area contributed by atoms with E-state index < -0.39 is 0 Å². The fraction of sp³-hybridized carbons (Fsp3) is 0. The highest BCUT2D eigenvalue weighted by Gasteiger charge is 2.22. The third-order valence-electron chi connectivity index (χ3n) is 11.5. The fourth-order valence-electron chi connectivity index (χ4n) is 8.51. The molecule has 4 nitrogen and oxygen atoms in total. The molecule has 0 radical (unpaired) electrons. The standard InChI is InChI=1S/C57H38N4/c1-5-16-39(17-6-1)40-28-32-44(33-29-40)53-37-52(43-20-9-3-10-21-43)59-57(60-53)46-34-30-41(31-35-46)47-24-15-25-48(36-47)54-49-26-13-14-27-50(49)56-51(42-18-7-2-8-19-42)38-58-61(56)55(54)45-22-11-4-12-23-45/h1-38H. The first-order chi connectivity index (χ1) is 30.2. The molecule has 0 amide bonds. The molecule has 0 aliphatic heterocycles. The summed E-state index contributed by atoms with van der Waals surface area (Å²) in [5.74, 6) is 0.685. The molecule has 0 saturated heterocycles. The zero-order chi connectivity index (χ0) is 40.5. The number of benzene rings is 8. The average molecular weight is 779 g/mol. The van der Waals surface area contributed by atoms with Crippen molar-refractivity contribution in [3.8, 4) is 89.7 Å². The summed E-state index contributed by atoms with van der Waals surface area (Å²) in [7, 11) is 0. The predicted octanol–water partition coefficient (Wildman–Crippen LogP) is 14.6. The molecular formula is C57H38N4. The lowest BCUT2D eigenvalue weighted by atomic mass is 9.90. The molecule has 286 valence electrons. The van der Waals surface area contributed by atoms with Crippen molar-refractivity contribution in [2.75, 3.05) is 0 Å². The second-order valence-corrected chi connectivity index (χ2v) is 15.2. The summed E-state index contributed by atoms with van der Waals surface area (Å²) >= 11 is 0. The Balaban J connectivity index is 1.00. The first kappa shape index (κ1) is 35.9. The van der Waals surface area contributed by atoms with Crippen molar-refractivity contribution < 1.29 is 0 Å². The Morgan fingerprint density at radius 3 is 1.39 bits per heavy atom. The lowest BCUT2D eigenvalue weighted by molar-refractivity contribution is 0.976. The van der Waals surface area contributed by atoms with Crippen LogP contribution in [0.3, 0.4) is 0 Å². The molecule has 0 unspecified atom stereocenters. The van der Waals surface area contributed by atoms with E-state index in [2.05, 4.69) is 217 Å². The van der Waals surface area contributed by atoms with E-state index in [0.29, 0.717) is 5.82 Å². The Kier molecular flexibility index (Phi) is 9.14. The summed E-state index contributed by atoms with van der Waals surface area (Å²) in [5.41, 5.74) is 17.2. The van der Waals surface area contributed by atoms with Gasteiger partial charge in [0.05, 0.1) is 28.8 Å². The normalized spacial score (nSPS) is 11.3. The van der Waals surface area contributed by atoms with Crippen LogP contribution in [-0.2, 0) is 0 Å². The zero-order valence-corrected chi connectivity index (χ0v) is 33.2. The highest BCUT2D eigenvalue weighted by atomic mass is 15.2. The third kappa shape index (κ3) is 6.76. The van der Waals surface area contributed by atoms with Gasteiger partial charge in [0.25, 0.3) is 0 Å². The van der Waals surface area contributed by atoms with Crippen LogP contribution in [0, 0.1) is 0 Å². The summed E-state index contributed by atoms with van der Waals surface area (Å²) < 4.78 is 2.15. The Labute approximate surface area is 354 Å². The summed E-state index contributed by atoms with van der Waals surface area (Å²) in [6.45, 7) is 0. The molecule has 3 heterocycles. The van der Waals surface area contributed by atoms with Crippen molar-refractivity contribution in [1.82, 2.24) is 19.6 Å². The average Bonchev–Trinajstić information content (AvgIpc) is 3.80. The smallest absolute Gasteiger partial charge is 0.160 e. The number of rotatable bonds is 8. The van der Waals surface area contributed by atoms with Crippen LogP contribution in [0.15, 0.2) is 231 Å². The molecule has 8 aromatic carbocycles. The monoisotopic (exact) mass is 778 g/mol. The van der Waals surface area contributed by atoms with Gasteiger partial charge in [0.1, 0.15) is 0 Å². The molecule has 11 aromatic rings. The van der Waals surface area contributed by atoms with E-state index in [9.17, 15) is 0 Å². The highest BCUT2D eigenvalue weighted by Crippen LogP contribution is 2.43. The Morgan fingerprint density at radius 1 is 0.311 bits per heavy atom. The minimum atomic E-state index is 0.685. The van der Waals surface area contributed by atoms with Gasteiger partial charge in [-0.2, -0.15) is 5.10 Å². The Hall–Kier alpha value is -8.21. The molecular weight excluding hydrogens is 741 g/mol. The van der Waals surface area contributed by atoms with Gasteiger partial charge in [-0.05, 0) is 50.9 Å². The van der Waals surface area contributed by atoms with Crippen molar-refractivity contribution in [1.29, 1.82) is 0 Å². The molecule has 61 heavy (non-hydrogen) atoms. The van der Waals surface area contributed by atoms with E-state index in [0.717, 1.165) is 83.6 Å². The summed E-state index contributed by atoms with van der Waals surface area (Å²) in [6.07, 6.45) is 2.01. The SMILES string of the molecule is c1ccc(-c2ccc(-c3cc(-c4ccccc4)nc(-c4ccc(-c5cccc(-c6c(-c7ccccc7)n7ncc(-c8ccccc8)c7c7ccccc67)c5)cc4)n3)cc2)cc1. The van der Waals surface area contributed by atoms with Crippen molar-refractivity contribution in [3.05, 3.63) is 231 Å². The first-order valence-corrected chi connectivity index (χ1v) is 20.6. The molecule has 0 bridgehead atoms. The van der Waals surface area contributed by atoms with Gasteiger partial charge >= 0.3 is 0 Å². The molecule has 0 spiro atoms. The van der Waals surface area contributed by atoms with Crippen LogP contribution in [0.25, 0.3) is 106 Å². The molecule has 3 aromatic heterocycles. The van der Waals surface area contributed by atoms with E-state index in [1.54, 1.807) is 0 Å². The maximum atomic E-state index is 5.15. The van der Waals surface area contributed by atoms with Crippen LogP contribution in [0.5, 0.6) is 0 Å². The predicted molar refractivity (Wildman–Crippen MR) is 252 cm³/mol. The topological polar surface area (TPSA) is 43.1 Å². The van der Waals surface area contributed by atoms with Gasteiger partial charge in [0.2, 0.25) is 0 Å². The van der Waals surface area contributed by atoms with Gasteiger partial charge in [-0.25, -0.2) is 14.5 Å². The minimum Gasteiger partial charge on any atom is -0.231 e. The zero-order valence-electron chi connectivity index (χ0n) is 33.2. The van der Waals surface area contributed by atoms with Crippen LogP contribution in [-0.4, -0.2) is 19.6 Å². The van der Waals surface area contributed by atoms with Crippen LogP contribution >= 0.6 is 0 Å². The summed E-state index contributed by atoms with van der Waals surface area (Å²) in [6, 6.07) is 78.9. The maximum absolute atomic E-state index is 5.15. The molecule has 0 aliphatic rings. The number of aromatic nitrogens is 4. The van der Waals surface area contributed by atoms with Crippen molar-refractivity contribution in [2.45, 2.75) is 0 Å². The molecule has 4 heteroatoms. The van der Waals surface area contributed by atoms with E-state index in [1.807, 2.05) is 18.3 Å². The van der Waals surface area contributed by atoms with E-state index in [-0.39, 0.29) is 0 Å². The molecule has 11 rings (SSSR count). The molecule has 0 saturated carbocycles. The minimum absolute atomic E-state index is 0.685. The van der Waals surface area contributed by atoms with Crippen LogP contribution in [0.4, 0.5) is 0 Å². The number of pyridine rings is 1. The molecule has 0 fully saturated rings. The van der Waals surface area contributed by atoms with E-state index in [1.165, 1.54) is 16.5 Å².